The predicted octanol–water partition coefficient (Wildman–Crippen LogP) is 3.20. The molecule has 0 aliphatic rings. The highest BCUT2D eigenvalue weighted by molar-refractivity contribution is 5.92. The first kappa shape index (κ1) is 9.84. The molecule has 0 unspecified atom stereocenters. The summed E-state index contributed by atoms with van der Waals surface area (Å²) >= 11 is 0. The lowest BCUT2D eigenvalue weighted by Crippen LogP contribution is -1.89. The molecule has 15 heavy (non-hydrogen) atoms. The summed E-state index contributed by atoms with van der Waals surface area (Å²) in [6.45, 7) is 3.95. The number of phenolic OH excluding ortho intramolecular Hbond substituents is 1. The van der Waals surface area contributed by atoms with Crippen LogP contribution in [0.15, 0.2) is 24.3 Å². The van der Waals surface area contributed by atoms with Gasteiger partial charge >= 0.3 is 0 Å². The zero-order valence-corrected chi connectivity index (χ0v) is 9.26. The maximum absolute atomic E-state index is 9.98. The fourth-order valence-corrected chi connectivity index (χ4v) is 1.78. The zero-order valence-electron chi connectivity index (χ0n) is 9.26. The molecule has 2 aromatic rings. The van der Waals surface area contributed by atoms with Gasteiger partial charge in [0.1, 0.15) is 5.75 Å². The predicted molar refractivity (Wildman–Crippen MR) is 64.6 cm³/mol. The highest BCUT2D eigenvalue weighted by Gasteiger charge is 2.06. The average molecular weight is 201 g/mol. The second kappa shape index (κ2) is 3.46. The number of phenols is 1. The van der Waals surface area contributed by atoms with Crippen molar-refractivity contribution in [1.29, 1.82) is 0 Å². The van der Waals surface area contributed by atoms with Crippen LogP contribution >= 0.6 is 0 Å². The minimum absolute atomic E-state index is 0.396. The van der Waals surface area contributed by atoms with Crippen LogP contribution in [0.25, 0.3) is 10.8 Å². The van der Waals surface area contributed by atoms with Crippen molar-refractivity contribution < 1.29 is 5.11 Å². The first-order valence-corrected chi connectivity index (χ1v) is 5.04. The molecule has 0 amide bonds. The van der Waals surface area contributed by atoms with Crippen molar-refractivity contribution in [3.05, 3.63) is 35.4 Å². The quantitative estimate of drug-likeness (QED) is 0.742. The Morgan fingerprint density at radius 1 is 1.13 bits per heavy atom. The number of hydrogen-bond donors (Lipinski definition) is 2. The summed E-state index contributed by atoms with van der Waals surface area (Å²) in [5, 5.41) is 15.1. The molecule has 2 N–H and O–H groups in total. The van der Waals surface area contributed by atoms with Gasteiger partial charge in [-0.3, -0.25) is 0 Å². The molecule has 2 heteroatoms. The molecule has 78 valence electrons. The topological polar surface area (TPSA) is 32.3 Å². The first-order chi connectivity index (χ1) is 7.13. The molecule has 0 saturated carbocycles. The van der Waals surface area contributed by atoms with Crippen molar-refractivity contribution in [2.24, 2.45) is 0 Å². The molecule has 0 fully saturated rings. The van der Waals surface area contributed by atoms with Gasteiger partial charge in [0.25, 0.3) is 0 Å². The van der Waals surface area contributed by atoms with Gasteiger partial charge in [0, 0.05) is 18.1 Å². The van der Waals surface area contributed by atoms with Crippen LogP contribution in [0.5, 0.6) is 5.75 Å². The Morgan fingerprint density at radius 3 is 2.53 bits per heavy atom. The minimum atomic E-state index is 0.396. The summed E-state index contributed by atoms with van der Waals surface area (Å²) in [5.41, 5.74) is 3.14. The van der Waals surface area contributed by atoms with Crippen molar-refractivity contribution in [3.63, 3.8) is 0 Å². The van der Waals surface area contributed by atoms with Crippen LogP contribution in [0.2, 0.25) is 0 Å². The van der Waals surface area contributed by atoms with Crippen LogP contribution < -0.4 is 5.32 Å². The van der Waals surface area contributed by atoms with E-state index in [9.17, 15) is 5.11 Å². The normalized spacial score (nSPS) is 10.6. The van der Waals surface area contributed by atoms with Gasteiger partial charge in [0.05, 0.1) is 0 Å². The lowest BCUT2D eigenvalue weighted by Gasteiger charge is -2.09. The van der Waals surface area contributed by atoms with Crippen molar-refractivity contribution in [3.8, 4) is 5.75 Å². The molecule has 2 nitrogen and oxygen atoms in total. The van der Waals surface area contributed by atoms with E-state index in [1.165, 1.54) is 0 Å². The molecule has 0 heterocycles. The lowest BCUT2D eigenvalue weighted by atomic mass is 10.0. The van der Waals surface area contributed by atoms with E-state index in [0.717, 1.165) is 27.6 Å². The Hall–Kier alpha value is -1.70. The third kappa shape index (κ3) is 1.52. The molecule has 2 rings (SSSR count). The summed E-state index contributed by atoms with van der Waals surface area (Å²) in [7, 11) is 1.89. The molecule has 0 atom stereocenters. The van der Waals surface area contributed by atoms with E-state index in [1.807, 2.05) is 39.1 Å². The lowest BCUT2D eigenvalue weighted by molar-refractivity contribution is 0.477. The molecule has 0 aliphatic carbocycles. The Balaban J connectivity index is 2.80. The summed E-state index contributed by atoms with van der Waals surface area (Å²) in [6, 6.07) is 8.06. The van der Waals surface area contributed by atoms with E-state index >= 15 is 0 Å². The Morgan fingerprint density at radius 2 is 1.87 bits per heavy atom. The second-order valence-corrected chi connectivity index (χ2v) is 3.85. The highest BCUT2D eigenvalue weighted by Crippen LogP contribution is 2.32. The Bertz CT molecular complexity index is 517. The third-order valence-electron chi connectivity index (χ3n) is 2.91. The van der Waals surface area contributed by atoms with E-state index in [4.69, 9.17) is 0 Å². The van der Waals surface area contributed by atoms with E-state index in [-0.39, 0.29) is 0 Å². The smallest absolute Gasteiger partial charge is 0.126 e. The number of anilines is 1. The molecule has 0 aliphatic heterocycles. The molecule has 0 spiro atoms. The van der Waals surface area contributed by atoms with Crippen molar-refractivity contribution in [2.75, 3.05) is 12.4 Å². The van der Waals surface area contributed by atoms with Crippen LogP contribution in [0.1, 0.15) is 11.1 Å². The van der Waals surface area contributed by atoms with E-state index in [1.54, 1.807) is 0 Å². The number of aromatic hydroxyl groups is 1. The van der Waals surface area contributed by atoms with Gasteiger partial charge in [-0.25, -0.2) is 0 Å². The van der Waals surface area contributed by atoms with E-state index < -0.39 is 0 Å². The summed E-state index contributed by atoms with van der Waals surface area (Å²) in [5.74, 6) is 0.396. The molecule has 0 radical (unpaired) electrons. The van der Waals surface area contributed by atoms with Crippen LogP contribution in [0.4, 0.5) is 5.69 Å². The summed E-state index contributed by atoms with van der Waals surface area (Å²) in [4.78, 5) is 0. The Labute approximate surface area is 89.6 Å². The number of benzene rings is 2. The van der Waals surface area contributed by atoms with Crippen LogP contribution in [-0.4, -0.2) is 12.2 Å². The maximum Gasteiger partial charge on any atom is 0.126 e. The van der Waals surface area contributed by atoms with Crippen LogP contribution in [-0.2, 0) is 0 Å². The molecule has 0 aromatic heterocycles. The fraction of sp³-hybridized carbons (Fsp3) is 0.231. The van der Waals surface area contributed by atoms with Crippen molar-refractivity contribution in [1.82, 2.24) is 0 Å². The molecular formula is C13H15NO. The monoisotopic (exact) mass is 201 g/mol. The van der Waals surface area contributed by atoms with Gasteiger partial charge in [-0.1, -0.05) is 6.07 Å². The zero-order chi connectivity index (χ0) is 11.0. The number of aryl methyl sites for hydroxylation is 1. The molecule has 0 bridgehead atoms. The number of hydrogen-bond acceptors (Lipinski definition) is 2. The first-order valence-electron chi connectivity index (χ1n) is 5.04. The van der Waals surface area contributed by atoms with Crippen LogP contribution in [0.3, 0.4) is 0 Å². The maximum atomic E-state index is 9.98. The van der Waals surface area contributed by atoms with Gasteiger partial charge < -0.3 is 10.4 Å². The molecular weight excluding hydrogens is 186 g/mol. The highest BCUT2D eigenvalue weighted by atomic mass is 16.3. The van der Waals surface area contributed by atoms with Crippen molar-refractivity contribution >= 4 is 16.5 Å². The fourth-order valence-electron chi connectivity index (χ4n) is 1.78. The molecule has 0 saturated heterocycles. The van der Waals surface area contributed by atoms with Crippen molar-refractivity contribution in [2.45, 2.75) is 13.8 Å². The number of nitrogens with one attached hydrogen (secondary N) is 1. The Kier molecular flexibility index (Phi) is 2.27. The van der Waals surface area contributed by atoms with Gasteiger partial charge in [0.15, 0.2) is 0 Å². The largest absolute Gasteiger partial charge is 0.507 e. The third-order valence-corrected chi connectivity index (χ3v) is 2.91. The standard InChI is InChI=1S/C13H15NO/c1-8-6-10-7-11(14-3)4-5-12(10)13(15)9(8)2/h4-7,14-15H,1-3H3. The number of rotatable bonds is 1. The SMILES string of the molecule is CNc1ccc2c(O)c(C)c(C)cc2c1. The number of fused-ring (bicyclic) bond motifs is 1. The van der Waals surface area contributed by atoms with E-state index in [0.29, 0.717) is 5.75 Å². The summed E-state index contributed by atoms with van der Waals surface area (Å²) < 4.78 is 0. The van der Waals surface area contributed by atoms with Gasteiger partial charge in [-0.2, -0.15) is 0 Å². The van der Waals surface area contributed by atoms with Gasteiger partial charge in [-0.15, -0.1) is 0 Å². The van der Waals surface area contributed by atoms with Crippen LogP contribution in [0, 0.1) is 13.8 Å². The van der Waals surface area contributed by atoms with E-state index in [2.05, 4.69) is 11.4 Å². The minimum Gasteiger partial charge on any atom is -0.507 e. The second-order valence-electron chi connectivity index (χ2n) is 3.85. The average Bonchev–Trinajstić information content (AvgIpc) is 2.25. The molecule has 2 aromatic carbocycles. The van der Waals surface area contributed by atoms with Gasteiger partial charge in [0.2, 0.25) is 0 Å². The summed E-state index contributed by atoms with van der Waals surface area (Å²) in [6.07, 6.45) is 0. The van der Waals surface area contributed by atoms with Gasteiger partial charge in [-0.05, 0) is 48.6 Å².